The van der Waals surface area contributed by atoms with Gasteiger partial charge in [-0.05, 0) is 31.6 Å². The Hall–Kier alpha value is -1.27. The van der Waals surface area contributed by atoms with Crippen LogP contribution < -0.4 is 0 Å². The Balaban J connectivity index is 2.99. The Morgan fingerprint density at radius 1 is 1.00 bits per heavy atom. The molecule has 21 heavy (non-hydrogen) atoms. The summed E-state index contributed by atoms with van der Waals surface area (Å²) in [7, 11) is 2.28. The predicted molar refractivity (Wildman–Crippen MR) is 68.3 cm³/mol. The van der Waals surface area contributed by atoms with Crippen molar-refractivity contribution in [2.24, 2.45) is 11.3 Å². The molecule has 0 N–H and O–H groups in total. The van der Waals surface area contributed by atoms with Gasteiger partial charge >= 0.3 is 18.1 Å². The highest BCUT2D eigenvalue weighted by Crippen LogP contribution is 2.46. The van der Waals surface area contributed by atoms with Gasteiger partial charge in [-0.1, -0.05) is 12.8 Å². The lowest BCUT2D eigenvalue weighted by Gasteiger charge is -2.33. The zero-order valence-electron chi connectivity index (χ0n) is 12.3. The summed E-state index contributed by atoms with van der Waals surface area (Å²) in [6, 6.07) is 0. The van der Waals surface area contributed by atoms with E-state index in [-0.39, 0.29) is 18.8 Å². The maximum absolute atomic E-state index is 12.3. The van der Waals surface area contributed by atoms with E-state index in [2.05, 4.69) is 0 Å². The summed E-state index contributed by atoms with van der Waals surface area (Å²) in [5.74, 6) is -1.89. The summed E-state index contributed by atoms with van der Waals surface area (Å²) >= 11 is 0. The lowest BCUT2D eigenvalue weighted by molar-refractivity contribution is -0.176. The first kappa shape index (κ1) is 17.8. The molecule has 0 bridgehead atoms. The summed E-state index contributed by atoms with van der Waals surface area (Å²) < 4.78 is 46.5. The molecule has 0 atom stereocenters. The van der Waals surface area contributed by atoms with Crippen LogP contribution in [-0.2, 0) is 19.1 Å². The van der Waals surface area contributed by atoms with Crippen LogP contribution >= 0.6 is 0 Å². The highest BCUT2D eigenvalue weighted by Gasteiger charge is 2.54. The monoisotopic (exact) mass is 310 g/mol. The first-order chi connectivity index (χ1) is 9.78. The van der Waals surface area contributed by atoms with Crippen molar-refractivity contribution >= 4 is 11.9 Å². The van der Waals surface area contributed by atoms with Crippen molar-refractivity contribution in [3.05, 3.63) is 0 Å². The summed E-state index contributed by atoms with van der Waals surface area (Å²) in [5.41, 5.74) is -1.61. The molecule has 1 rings (SSSR count). The molecular weight excluding hydrogens is 289 g/mol. The number of carbonyl (C=O) groups is 2. The molecule has 1 aliphatic rings. The maximum Gasteiger partial charge on any atom is 0.389 e. The summed E-state index contributed by atoms with van der Waals surface area (Å²) in [4.78, 5) is 24.3. The Morgan fingerprint density at radius 2 is 1.48 bits per heavy atom. The van der Waals surface area contributed by atoms with Crippen molar-refractivity contribution < 1.29 is 32.2 Å². The molecule has 4 nitrogen and oxygen atoms in total. The minimum Gasteiger partial charge on any atom is -0.468 e. The molecule has 0 aliphatic heterocycles. The summed E-state index contributed by atoms with van der Waals surface area (Å²) in [6.45, 7) is 0. The molecular formula is C14H21F3O4. The Bertz CT molecular complexity index is 357. The van der Waals surface area contributed by atoms with Crippen molar-refractivity contribution in [1.82, 2.24) is 0 Å². The predicted octanol–water partition coefficient (Wildman–Crippen LogP) is 3.24. The Morgan fingerprint density at radius 3 is 1.86 bits per heavy atom. The van der Waals surface area contributed by atoms with Gasteiger partial charge in [-0.3, -0.25) is 9.59 Å². The van der Waals surface area contributed by atoms with Gasteiger partial charge in [0.2, 0.25) is 0 Å². The summed E-state index contributed by atoms with van der Waals surface area (Å²) in [5, 5.41) is 0. The topological polar surface area (TPSA) is 52.6 Å². The zero-order chi connectivity index (χ0) is 16.1. The third-order valence-corrected chi connectivity index (χ3v) is 4.18. The van der Waals surface area contributed by atoms with Crippen LogP contribution in [-0.4, -0.2) is 32.3 Å². The number of halogens is 3. The first-order valence-corrected chi connectivity index (χ1v) is 7.01. The SMILES string of the molecule is COC(=O)C(CCCC(F)(F)F)(C(=O)OC)C1CCCC1. The minimum absolute atomic E-state index is 0.198. The molecule has 122 valence electrons. The van der Waals surface area contributed by atoms with Crippen LogP contribution in [0.5, 0.6) is 0 Å². The molecule has 0 aromatic carbocycles. The van der Waals surface area contributed by atoms with Gasteiger partial charge in [-0.15, -0.1) is 0 Å². The van der Waals surface area contributed by atoms with Crippen molar-refractivity contribution in [1.29, 1.82) is 0 Å². The standard InChI is InChI=1S/C14H21F3O4/c1-20-11(18)13(12(19)21-2,10-6-3-4-7-10)8-5-9-14(15,16)17/h10H,3-9H2,1-2H3. The van der Waals surface area contributed by atoms with E-state index < -0.39 is 30.0 Å². The normalized spacial score (nSPS) is 16.8. The Kier molecular flexibility index (Phi) is 6.04. The van der Waals surface area contributed by atoms with E-state index in [1.807, 2.05) is 0 Å². The van der Waals surface area contributed by atoms with E-state index in [0.29, 0.717) is 12.8 Å². The number of alkyl halides is 3. The van der Waals surface area contributed by atoms with E-state index in [1.165, 1.54) is 0 Å². The van der Waals surface area contributed by atoms with Crippen LogP contribution in [0.1, 0.15) is 44.9 Å². The lowest BCUT2D eigenvalue weighted by Crippen LogP contribution is -2.46. The quantitative estimate of drug-likeness (QED) is 0.558. The van der Waals surface area contributed by atoms with Crippen LogP contribution in [0.4, 0.5) is 13.2 Å². The Labute approximate surface area is 122 Å². The van der Waals surface area contributed by atoms with Crippen molar-refractivity contribution in [3.8, 4) is 0 Å². The third kappa shape index (κ3) is 4.11. The highest BCUT2D eigenvalue weighted by atomic mass is 19.4. The third-order valence-electron chi connectivity index (χ3n) is 4.18. The second-order valence-electron chi connectivity index (χ2n) is 5.40. The number of esters is 2. The minimum atomic E-state index is -4.31. The van der Waals surface area contributed by atoms with Gasteiger partial charge in [-0.2, -0.15) is 13.2 Å². The molecule has 0 radical (unpaired) electrons. The molecule has 0 unspecified atom stereocenters. The molecule has 0 saturated heterocycles. The van der Waals surface area contributed by atoms with Gasteiger partial charge in [0.25, 0.3) is 0 Å². The van der Waals surface area contributed by atoms with Gasteiger partial charge < -0.3 is 9.47 Å². The van der Waals surface area contributed by atoms with E-state index in [1.54, 1.807) is 0 Å². The average Bonchev–Trinajstić information content (AvgIpc) is 2.95. The highest BCUT2D eigenvalue weighted by molar-refractivity contribution is 6.00. The number of ether oxygens (including phenoxy) is 2. The number of hydrogen-bond acceptors (Lipinski definition) is 4. The molecule has 1 aliphatic carbocycles. The van der Waals surface area contributed by atoms with E-state index >= 15 is 0 Å². The zero-order valence-corrected chi connectivity index (χ0v) is 12.3. The maximum atomic E-state index is 12.3. The van der Waals surface area contributed by atoms with Crippen molar-refractivity contribution in [2.75, 3.05) is 14.2 Å². The van der Waals surface area contributed by atoms with Crippen LogP contribution in [0.2, 0.25) is 0 Å². The lowest BCUT2D eigenvalue weighted by atomic mass is 9.70. The van der Waals surface area contributed by atoms with E-state index in [0.717, 1.165) is 27.1 Å². The van der Waals surface area contributed by atoms with Crippen molar-refractivity contribution in [2.45, 2.75) is 51.1 Å². The van der Waals surface area contributed by atoms with Gasteiger partial charge in [0.15, 0.2) is 5.41 Å². The van der Waals surface area contributed by atoms with Crippen molar-refractivity contribution in [3.63, 3.8) is 0 Å². The molecule has 0 aromatic heterocycles. The first-order valence-electron chi connectivity index (χ1n) is 7.01. The fraction of sp³-hybridized carbons (Fsp3) is 0.857. The van der Waals surface area contributed by atoms with Gasteiger partial charge in [0.05, 0.1) is 14.2 Å². The molecule has 0 amide bonds. The molecule has 0 aromatic rings. The summed E-state index contributed by atoms with van der Waals surface area (Å²) in [6.07, 6.45) is -2.91. The fourth-order valence-electron chi connectivity index (χ4n) is 3.18. The molecule has 1 saturated carbocycles. The number of carbonyl (C=O) groups excluding carboxylic acids is 2. The molecule has 0 spiro atoms. The molecule has 7 heteroatoms. The number of hydrogen-bond donors (Lipinski definition) is 0. The largest absolute Gasteiger partial charge is 0.468 e. The average molecular weight is 310 g/mol. The number of rotatable bonds is 6. The van der Waals surface area contributed by atoms with E-state index in [4.69, 9.17) is 9.47 Å². The van der Waals surface area contributed by atoms with Crippen LogP contribution in [0.25, 0.3) is 0 Å². The van der Waals surface area contributed by atoms with Gasteiger partial charge in [0.1, 0.15) is 0 Å². The van der Waals surface area contributed by atoms with Crippen LogP contribution in [0.15, 0.2) is 0 Å². The second kappa shape index (κ2) is 7.13. The van der Waals surface area contributed by atoms with Gasteiger partial charge in [0, 0.05) is 6.42 Å². The van der Waals surface area contributed by atoms with E-state index in [9.17, 15) is 22.8 Å². The van der Waals surface area contributed by atoms with Gasteiger partial charge in [-0.25, -0.2) is 0 Å². The molecule has 1 fully saturated rings. The van der Waals surface area contributed by atoms with Crippen LogP contribution in [0.3, 0.4) is 0 Å². The molecule has 0 heterocycles. The second-order valence-corrected chi connectivity index (χ2v) is 5.40. The smallest absolute Gasteiger partial charge is 0.389 e. The fourth-order valence-corrected chi connectivity index (χ4v) is 3.18. The number of methoxy groups -OCH3 is 2. The van der Waals surface area contributed by atoms with Crippen LogP contribution in [0, 0.1) is 11.3 Å².